The van der Waals surface area contributed by atoms with E-state index in [2.05, 4.69) is 4.90 Å². The number of hydrogen-bond donors (Lipinski definition) is 1. The SMILES string of the molecule is CC(C)N(C)C(=O)c1ccc(N2CCC(C3CCN(C(=O)C(O)(C(C)C)C(F)(F)F)CC3)CC2)cc1Cl. The Morgan fingerprint density at radius 2 is 1.51 bits per heavy atom. The number of nitrogens with zero attached hydrogens (tertiary/aromatic N) is 3. The van der Waals surface area contributed by atoms with Gasteiger partial charge in [-0.1, -0.05) is 25.4 Å². The van der Waals surface area contributed by atoms with Gasteiger partial charge in [0.1, 0.15) is 0 Å². The molecule has 1 aromatic rings. The van der Waals surface area contributed by atoms with Gasteiger partial charge in [-0.15, -0.1) is 0 Å². The predicted molar refractivity (Wildman–Crippen MR) is 139 cm³/mol. The van der Waals surface area contributed by atoms with Crippen LogP contribution in [0.5, 0.6) is 0 Å². The van der Waals surface area contributed by atoms with Crippen molar-refractivity contribution >= 4 is 29.1 Å². The van der Waals surface area contributed by atoms with Crippen molar-refractivity contribution in [2.45, 2.75) is 71.2 Å². The maximum absolute atomic E-state index is 13.5. The van der Waals surface area contributed by atoms with Crippen LogP contribution in [0.4, 0.5) is 18.9 Å². The maximum atomic E-state index is 13.5. The van der Waals surface area contributed by atoms with Crippen molar-refractivity contribution in [1.82, 2.24) is 9.80 Å². The summed E-state index contributed by atoms with van der Waals surface area (Å²) >= 11 is 6.47. The van der Waals surface area contributed by atoms with Gasteiger partial charge in [0.2, 0.25) is 5.60 Å². The van der Waals surface area contributed by atoms with Gasteiger partial charge in [0.05, 0.1) is 10.6 Å². The molecule has 2 heterocycles. The summed E-state index contributed by atoms with van der Waals surface area (Å²) in [4.78, 5) is 30.4. The lowest BCUT2D eigenvalue weighted by Crippen LogP contribution is -2.62. The lowest BCUT2D eigenvalue weighted by Gasteiger charge is -2.43. The van der Waals surface area contributed by atoms with Gasteiger partial charge in [0.15, 0.2) is 0 Å². The molecular formula is C27H39ClF3N3O3. The lowest BCUT2D eigenvalue weighted by molar-refractivity contribution is -0.270. The van der Waals surface area contributed by atoms with E-state index in [1.807, 2.05) is 26.0 Å². The molecule has 208 valence electrons. The Labute approximate surface area is 222 Å². The average molecular weight is 546 g/mol. The van der Waals surface area contributed by atoms with E-state index in [9.17, 15) is 27.9 Å². The van der Waals surface area contributed by atoms with E-state index >= 15 is 0 Å². The summed E-state index contributed by atoms with van der Waals surface area (Å²) in [5.74, 6) is -1.85. The van der Waals surface area contributed by atoms with Crippen molar-refractivity contribution < 1.29 is 27.9 Å². The van der Waals surface area contributed by atoms with E-state index in [0.29, 0.717) is 35.3 Å². The fraction of sp³-hybridized carbons (Fsp3) is 0.704. The van der Waals surface area contributed by atoms with Gasteiger partial charge in [0, 0.05) is 50.9 Å². The van der Waals surface area contributed by atoms with Gasteiger partial charge in [-0.2, -0.15) is 13.2 Å². The molecule has 1 aromatic carbocycles. The molecule has 1 N–H and O–H groups in total. The molecule has 2 saturated heterocycles. The van der Waals surface area contributed by atoms with Crippen LogP contribution in [0.2, 0.25) is 5.02 Å². The van der Waals surface area contributed by atoms with E-state index in [0.717, 1.165) is 31.6 Å². The number of aliphatic hydroxyl groups is 1. The fourth-order valence-corrected chi connectivity index (χ4v) is 5.69. The van der Waals surface area contributed by atoms with Crippen LogP contribution >= 0.6 is 11.6 Å². The van der Waals surface area contributed by atoms with Crippen LogP contribution in [-0.2, 0) is 4.79 Å². The number of piperidine rings is 2. The number of anilines is 1. The summed E-state index contributed by atoms with van der Waals surface area (Å²) in [5, 5.41) is 10.7. The van der Waals surface area contributed by atoms with Gasteiger partial charge >= 0.3 is 6.18 Å². The first-order chi connectivity index (χ1) is 17.2. The fourth-order valence-electron chi connectivity index (χ4n) is 5.44. The van der Waals surface area contributed by atoms with Gasteiger partial charge in [-0.3, -0.25) is 9.59 Å². The van der Waals surface area contributed by atoms with Crippen LogP contribution < -0.4 is 4.90 Å². The number of hydrogen-bond acceptors (Lipinski definition) is 4. The third-order valence-corrected chi connectivity index (χ3v) is 8.58. The predicted octanol–water partition coefficient (Wildman–Crippen LogP) is 5.22. The second-order valence-electron chi connectivity index (χ2n) is 11.0. The minimum atomic E-state index is -5.01. The molecule has 0 aromatic heterocycles. The average Bonchev–Trinajstić information content (AvgIpc) is 2.86. The normalized spacial score (nSPS) is 19.9. The summed E-state index contributed by atoms with van der Waals surface area (Å²) in [6, 6.07) is 5.60. The molecule has 1 unspecified atom stereocenters. The van der Waals surface area contributed by atoms with E-state index in [-0.39, 0.29) is 25.0 Å². The molecule has 2 aliphatic heterocycles. The van der Waals surface area contributed by atoms with Gasteiger partial charge in [-0.25, -0.2) is 0 Å². The van der Waals surface area contributed by atoms with E-state index in [1.54, 1.807) is 18.0 Å². The first kappa shape index (κ1) is 29.6. The molecule has 2 aliphatic rings. The Hall–Kier alpha value is -2.00. The highest BCUT2D eigenvalue weighted by Gasteiger charge is 2.62. The molecule has 0 saturated carbocycles. The topological polar surface area (TPSA) is 64.1 Å². The van der Waals surface area contributed by atoms with E-state index < -0.39 is 23.6 Å². The molecule has 2 amide bonds. The van der Waals surface area contributed by atoms with Crippen LogP contribution in [-0.4, -0.2) is 77.8 Å². The molecule has 0 spiro atoms. The van der Waals surface area contributed by atoms with Crippen LogP contribution in [0.3, 0.4) is 0 Å². The zero-order chi connectivity index (χ0) is 27.7. The number of likely N-dealkylation sites (tertiary alicyclic amines) is 1. The number of carbonyl (C=O) groups excluding carboxylic acids is 2. The number of benzene rings is 1. The van der Waals surface area contributed by atoms with Crippen LogP contribution in [0.1, 0.15) is 63.7 Å². The highest BCUT2D eigenvalue weighted by atomic mass is 35.5. The molecular weight excluding hydrogens is 507 g/mol. The highest BCUT2D eigenvalue weighted by molar-refractivity contribution is 6.34. The molecule has 0 radical (unpaired) electrons. The van der Waals surface area contributed by atoms with E-state index in [1.165, 1.54) is 18.7 Å². The van der Waals surface area contributed by atoms with Gasteiger partial charge in [0.25, 0.3) is 11.8 Å². The minimum absolute atomic E-state index is 0.0679. The molecule has 0 aliphatic carbocycles. The summed E-state index contributed by atoms with van der Waals surface area (Å²) in [7, 11) is 1.75. The number of alkyl halides is 3. The molecule has 0 bridgehead atoms. The maximum Gasteiger partial charge on any atom is 0.426 e. The standard InChI is InChI=1S/C27H39ClF3N3O3/c1-17(2)26(37,27(29,30)31)25(36)34-14-10-20(11-15-34)19-8-12-33(13-9-19)21-6-7-22(23(28)16-21)24(35)32(5)18(3)4/h6-7,16-20,37H,8-15H2,1-5H3. The highest BCUT2D eigenvalue weighted by Crippen LogP contribution is 2.40. The second-order valence-corrected chi connectivity index (χ2v) is 11.5. The lowest BCUT2D eigenvalue weighted by atomic mass is 9.78. The van der Waals surface area contributed by atoms with Crippen molar-refractivity contribution in [2.24, 2.45) is 17.8 Å². The minimum Gasteiger partial charge on any atom is -0.372 e. The zero-order valence-corrected chi connectivity index (χ0v) is 23.1. The van der Waals surface area contributed by atoms with Crippen molar-refractivity contribution in [3.8, 4) is 0 Å². The Kier molecular flexibility index (Phi) is 9.10. The van der Waals surface area contributed by atoms with Crippen LogP contribution in [0, 0.1) is 17.8 Å². The number of amides is 2. The molecule has 1 atom stereocenters. The third-order valence-electron chi connectivity index (χ3n) is 8.27. The number of halogens is 4. The monoisotopic (exact) mass is 545 g/mol. The molecule has 10 heteroatoms. The van der Waals surface area contributed by atoms with Gasteiger partial charge in [-0.05, 0) is 69.6 Å². The summed E-state index contributed by atoms with van der Waals surface area (Å²) < 4.78 is 40.6. The molecule has 6 nitrogen and oxygen atoms in total. The Bertz CT molecular complexity index is 971. The Balaban J connectivity index is 1.55. The smallest absolute Gasteiger partial charge is 0.372 e. The van der Waals surface area contributed by atoms with Crippen LogP contribution in [0.15, 0.2) is 18.2 Å². The summed E-state index contributed by atoms with van der Waals surface area (Å²) in [6.45, 7) is 8.42. The number of rotatable bonds is 6. The van der Waals surface area contributed by atoms with Crippen molar-refractivity contribution in [3.63, 3.8) is 0 Å². The Morgan fingerprint density at radius 1 is 1.00 bits per heavy atom. The first-order valence-electron chi connectivity index (χ1n) is 13.1. The van der Waals surface area contributed by atoms with Crippen molar-refractivity contribution in [3.05, 3.63) is 28.8 Å². The molecule has 37 heavy (non-hydrogen) atoms. The quantitative estimate of drug-likeness (QED) is 0.532. The number of carbonyl (C=O) groups is 2. The van der Waals surface area contributed by atoms with Gasteiger partial charge < -0.3 is 19.8 Å². The Morgan fingerprint density at radius 3 is 1.95 bits per heavy atom. The first-order valence-corrected chi connectivity index (χ1v) is 13.5. The zero-order valence-electron chi connectivity index (χ0n) is 22.3. The molecule has 2 fully saturated rings. The van der Waals surface area contributed by atoms with E-state index in [4.69, 9.17) is 11.6 Å². The van der Waals surface area contributed by atoms with Crippen molar-refractivity contribution in [1.29, 1.82) is 0 Å². The molecule has 3 rings (SSSR count). The second kappa shape index (κ2) is 11.4. The third kappa shape index (κ3) is 6.03. The summed E-state index contributed by atoms with van der Waals surface area (Å²) in [5.41, 5.74) is -1.91. The summed E-state index contributed by atoms with van der Waals surface area (Å²) in [6.07, 6.45) is -1.87. The van der Waals surface area contributed by atoms with Crippen molar-refractivity contribution in [2.75, 3.05) is 38.1 Å². The van der Waals surface area contributed by atoms with Crippen LogP contribution in [0.25, 0.3) is 0 Å². The largest absolute Gasteiger partial charge is 0.426 e.